The highest BCUT2D eigenvalue weighted by molar-refractivity contribution is 5.95. The van der Waals surface area contributed by atoms with Crippen LogP contribution in [0.3, 0.4) is 0 Å². The molecule has 2 aliphatic rings. The number of Topliss-reactive ketones (excluding diaryl/α,β-unsaturated/α-hetero) is 1. The third kappa shape index (κ3) is 3.39. The first-order valence-electron chi connectivity index (χ1n) is 6.78. The summed E-state index contributed by atoms with van der Waals surface area (Å²) in [6.07, 6.45) is 7.42. The zero-order chi connectivity index (χ0) is 12.3. The topological polar surface area (TPSA) is 23.6 Å². The van der Waals surface area contributed by atoms with Crippen molar-refractivity contribution in [1.82, 2.24) is 9.80 Å². The van der Waals surface area contributed by atoms with Gasteiger partial charge < -0.3 is 9.80 Å². The summed E-state index contributed by atoms with van der Waals surface area (Å²) in [6, 6.07) is 0.407. The Labute approximate surface area is 104 Å². The van der Waals surface area contributed by atoms with Crippen LogP contribution in [0.4, 0.5) is 0 Å². The summed E-state index contributed by atoms with van der Waals surface area (Å²) in [5, 5.41) is 0. The third-order valence-electron chi connectivity index (χ3n) is 4.05. The van der Waals surface area contributed by atoms with Gasteiger partial charge in [0.25, 0.3) is 0 Å². The highest BCUT2D eigenvalue weighted by Crippen LogP contribution is 2.21. The predicted molar refractivity (Wildman–Crippen MR) is 70.1 cm³/mol. The van der Waals surface area contributed by atoms with Crippen LogP contribution in [0, 0.1) is 0 Å². The minimum absolute atomic E-state index is 0.386. The van der Waals surface area contributed by atoms with E-state index in [1.165, 1.54) is 12.8 Å². The molecule has 1 aliphatic carbocycles. The number of ketones is 1. The van der Waals surface area contributed by atoms with E-state index in [2.05, 4.69) is 30.0 Å². The number of hydrogen-bond acceptors (Lipinski definition) is 3. The molecule has 0 aromatic rings. The molecular formula is C14H24N2O. The smallest absolute Gasteiger partial charge is 0.160 e. The summed E-state index contributed by atoms with van der Waals surface area (Å²) in [7, 11) is 4.28. The highest BCUT2D eigenvalue weighted by atomic mass is 16.1. The van der Waals surface area contributed by atoms with Crippen molar-refractivity contribution in [2.75, 3.05) is 33.7 Å². The second-order valence-electron chi connectivity index (χ2n) is 5.50. The quantitative estimate of drug-likeness (QED) is 0.745. The van der Waals surface area contributed by atoms with Gasteiger partial charge in [0.2, 0.25) is 0 Å². The second kappa shape index (κ2) is 5.78. The molecule has 1 aliphatic heterocycles. The van der Waals surface area contributed by atoms with Crippen molar-refractivity contribution in [3.05, 3.63) is 11.6 Å². The number of nitrogens with zero attached hydrogens (tertiary/aromatic N) is 2. The van der Waals surface area contributed by atoms with Crippen molar-refractivity contribution < 1.29 is 4.79 Å². The fourth-order valence-corrected chi connectivity index (χ4v) is 2.76. The molecule has 0 aromatic carbocycles. The Morgan fingerprint density at radius 1 is 1.35 bits per heavy atom. The molecule has 1 saturated heterocycles. The number of rotatable bonds is 3. The van der Waals surface area contributed by atoms with E-state index in [-0.39, 0.29) is 0 Å². The Morgan fingerprint density at radius 3 is 2.88 bits per heavy atom. The maximum atomic E-state index is 12.2. The Morgan fingerprint density at radius 2 is 2.18 bits per heavy atom. The van der Waals surface area contributed by atoms with Crippen molar-refractivity contribution in [3.8, 4) is 0 Å². The lowest BCUT2D eigenvalue weighted by Crippen LogP contribution is -2.50. The van der Waals surface area contributed by atoms with Gasteiger partial charge in [-0.15, -0.1) is 0 Å². The molecule has 0 bridgehead atoms. The number of carbonyl (C=O) groups excluding carboxylic acids is 1. The van der Waals surface area contributed by atoms with Gasteiger partial charge in [0, 0.05) is 32.1 Å². The van der Waals surface area contributed by atoms with Gasteiger partial charge >= 0.3 is 0 Å². The molecule has 1 fully saturated rings. The van der Waals surface area contributed by atoms with E-state index in [1.807, 2.05) is 0 Å². The van der Waals surface area contributed by atoms with Gasteiger partial charge in [0.05, 0.1) is 0 Å². The molecule has 1 unspecified atom stereocenters. The van der Waals surface area contributed by atoms with Gasteiger partial charge in [-0.2, -0.15) is 0 Å². The molecule has 2 rings (SSSR count). The zero-order valence-electron chi connectivity index (χ0n) is 11.1. The Bertz CT molecular complexity index is 311. The lowest BCUT2D eigenvalue weighted by molar-refractivity contribution is -0.117. The average Bonchev–Trinajstić information content (AvgIpc) is 2.35. The van der Waals surface area contributed by atoms with Gasteiger partial charge in [0.15, 0.2) is 5.78 Å². The van der Waals surface area contributed by atoms with Crippen molar-refractivity contribution >= 4 is 5.78 Å². The first kappa shape index (κ1) is 12.8. The lowest BCUT2D eigenvalue weighted by Gasteiger charge is -2.37. The Balaban J connectivity index is 1.90. The number of carbonyl (C=O) groups is 1. The van der Waals surface area contributed by atoms with E-state index < -0.39 is 0 Å². The first-order valence-corrected chi connectivity index (χ1v) is 6.78. The van der Waals surface area contributed by atoms with Crippen LogP contribution >= 0.6 is 0 Å². The van der Waals surface area contributed by atoms with Crippen LogP contribution in [-0.2, 0) is 4.79 Å². The molecule has 1 atom stereocenters. The molecule has 3 heteroatoms. The summed E-state index contributed by atoms with van der Waals surface area (Å²) in [5.41, 5.74) is 1.10. The summed E-state index contributed by atoms with van der Waals surface area (Å²) < 4.78 is 0. The van der Waals surface area contributed by atoms with Crippen LogP contribution in [0.15, 0.2) is 11.6 Å². The number of allylic oxidation sites excluding steroid dienone is 2. The number of hydrogen-bond donors (Lipinski definition) is 0. The third-order valence-corrected chi connectivity index (χ3v) is 4.05. The van der Waals surface area contributed by atoms with Crippen molar-refractivity contribution in [1.29, 1.82) is 0 Å². The van der Waals surface area contributed by atoms with E-state index in [1.54, 1.807) is 0 Å². The molecule has 0 radical (unpaired) electrons. The van der Waals surface area contributed by atoms with E-state index >= 15 is 0 Å². The molecule has 0 N–H and O–H groups in total. The van der Waals surface area contributed by atoms with Crippen LogP contribution in [-0.4, -0.2) is 55.4 Å². The summed E-state index contributed by atoms with van der Waals surface area (Å²) >= 11 is 0. The fourth-order valence-electron chi connectivity index (χ4n) is 2.76. The molecule has 17 heavy (non-hydrogen) atoms. The second-order valence-corrected chi connectivity index (χ2v) is 5.50. The Kier molecular flexibility index (Phi) is 4.35. The molecule has 0 spiro atoms. The minimum atomic E-state index is 0.386. The van der Waals surface area contributed by atoms with Gasteiger partial charge in [0.1, 0.15) is 0 Å². The first-order chi connectivity index (χ1) is 8.16. The molecular weight excluding hydrogens is 212 g/mol. The van der Waals surface area contributed by atoms with E-state index in [0.29, 0.717) is 18.2 Å². The predicted octanol–water partition coefficient (Wildman–Crippen LogP) is 1.69. The SMILES string of the molecule is CN1CCN(C)C(CC(=O)C2=CCCCC2)C1. The van der Waals surface area contributed by atoms with Gasteiger partial charge in [-0.05, 0) is 45.4 Å². The minimum Gasteiger partial charge on any atom is -0.304 e. The monoisotopic (exact) mass is 236 g/mol. The molecule has 0 saturated carbocycles. The van der Waals surface area contributed by atoms with Crippen LogP contribution in [0.5, 0.6) is 0 Å². The Hall–Kier alpha value is -0.670. The van der Waals surface area contributed by atoms with Crippen LogP contribution in [0.25, 0.3) is 0 Å². The normalized spacial score (nSPS) is 27.9. The summed E-state index contributed by atoms with van der Waals surface area (Å²) in [5.74, 6) is 0.386. The largest absolute Gasteiger partial charge is 0.304 e. The molecule has 0 amide bonds. The van der Waals surface area contributed by atoms with Gasteiger partial charge in [-0.1, -0.05) is 6.08 Å². The highest BCUT2D eigenvalue weighted by Gasteiger charge is 2.25. The fraction of sp³-hybridized carbons (Fsp3) is 0.786. The van der Waals surface area contributed by atoms with Gasteiger partial charge in [-0.25, -0.2) is 0 Å². The van der Waals surface area contributed by atoms with Gasteiger partial charge in [-0.3, -0.25) is 4.79 Å². The van der Waals surface area contributed by atoms with Crippen LogP contribution in [0.2, 0.25) is 0 Å². The van der Waals surface area contributed by atoms with Crippen LogP contribution < -0.4 is 0 Å². The van der Waals surface area contributed by atoms with E-state index in [0.717, 1.165) is 38.0 Å². The van der Waals surface area contributed by atoms with E-state index in [9.17, 15) is 4.79 Å². The standard InChI is InChI=1S/C14H24N2O/c1-15-8-9-16(2)13(11-15)10-14(17)12-6-4-3-5-7-12/h6,13H,3-5,7-11H2,1-2H3. The molecule has 3 nitrogen and oxygen atoms in total. The van der Waals surface area contributed by atoms with Crippen molar-refractivity contribution in [3.63, 3.8) is 0 Å². The summed E-state index contributed by atoms with van der Waals surface area (Å²) in [6.45, 7) is 3.22. The van der Waals surface area contributed by atoms with Crippen molar-refractivity contribution in [2.45, 2.75) is 38.1 Å². The lowest BCUT2D eigenvalue weighted by atomic mass is 9.92. The molecule has 0 aromatic heterocycles. The van der Waals surface area contributed by atoms with Crippen LogP contribution in [0.1, 0.15) is 32.1 Å². The molecule has 96 valence electrons. The maximum Gasteiger partial charge on any atom is 0.160 e. The molecule has 1 heterocycles. The maximum absolute atomic E-state index is 12.2. The van der Waals surface area contributed by atoms with Crippen molar-refractivity contribution in [2.24, 2.45) is 0 Å². The zero-order valence-corrected chi connectivity index (χ0v) is 11.1. The summed E-state index contributed by atoms with van der Waals surface area (Å²) in [4.78, 5) is 16.9. The number of piperazine rings is 1. The van der Waals surface area contributed by atoms with E-state index in [4.69, 9.17) is 0 Å². The average molecular weight is 236 g/mol. The number of likely N-dealkylation sites (N-methyl/N-ethyl adjacent to an activating group) is 2.